The summed E-state index contributed by atoms with van der Waals surface area (Å²) in [7, 11) is 0. The second-order valence-corrected chi connectivity index (χ2v) is 8.11. The smallest absolute Gasteiger partial charge is 0.410 e. The number of likely N-dealkylation sites (tertiary alicyclic amines) is 1. The van der Waals surface area contributed by atoms with Crippen LogP contribution in [0, 0.1) is 11.8 Å². The van der Waals surface area contributed by atoms with Crippen molar-refractivity contribution >= 4 is 17.8 Å². The molecule has 2 fully saturated rings. The first-order valence-electron chi connectivity index (χ1n) is 9.90. The lowest BCUT2D eigenvalue weighted by Crippen LogP contribution is -2.44. The van der Waals surface area contributed by atoms with E-state index >= 15 is 0 Å². The van der Waals surface area contributed by atoms with Crippen LogP contribution in [-0.4, -0.2) is 47.0 Å². The van der Waals surface area contributed by atoms with Crippen molar-refractivity contribution in [2.75, 3.05) is 13.2 Å². The molecule has 1 heterocycles. The number of amides is 1. The second-order valence-electron chi connectivity index (χ2n) is 8.11. The van der Waals surface area contributed by atoms with Gasteiger partial charge in [-0.3, -0.25) is 9.69 Å². The number of ether oxygens (including phenoxy) is 1. The standard InChI is InChI=1S/C23H21NO5/c25-14-9-13-11-24(21(22(26)27)19(13)10-14)23(28)29-12-20-17-7-3-1-5-15(17)16-6-2-4-8-18(16)20/h1-8,13,19-21H,9-12H2,(H,26,27)/t13-,19-,21-/m1/s1. The minimum atomic E-state index is -1.07. The minimum Gasteiger partial charge on any atom is -0.480 e. The molecule has 0 bridgehead atoms. The van der Waals surface area contributed by atoms with E-state index in [1.807, 2.05) is 36.4 Å². The number of carboxylic acid groups (broad SMARTS) is 1. The first-order valence-corrected chi connectivity index (χ1v) is 9.90. The molecule has 1 saturated carbocycles. The highest BCUT2D eigenvalue weighted by Gasteiger charge is 2.52. The summed E-state index contributed by atoms with van der Waals surface area (Å²) in [6, 6.07) is 15.2. The third-order valence-electron chi connectivity index (χ3n) is 6.55. The zero-order valence-corrected chi connectivity index (χ0v) is 15.8. The third kappa shape index (κ3) is 2.82. The number of carbonyl (C=O) groups excluding carboxylic acids is 2. The third-order valence-corrected chi connectivity index (χ3v) is 6.55. The maximum atomic E-state index is 12.8. The second kappa shape index (κ2) is 6.72. The molecular weight excluding hydrogens is 370 g/mol. The van der Waals surface area contributed by atoms with Gasteiger partial charge in [0.15, 0.2) is 0 Å². The van der Waals surface area contributed by atoms with Crippen LogP contribution in [-0.2, 0) is 14.3 Å². The number of Topliss-reactive ketones (excluding diaryl/α,β-unsaturated/α-hetero) is 1. The zero-order valence-electron chi connectivity index (χ0n) is 15.8. The number of fused-ring (bicyclic) bond motifs is 4. The van der Waals surface area contributed by atoms with Crippen molar-refractivity contribution in [3.05, 3.63) is 59.7 Å². The Hall–Kier alpha value is -3.15. The van der Waals surface area contributed by atoms with Gasteiger partial charge in [-0.25, -0.2) is 9.59 Å². The molecule has 3 aliphatic rings. The zero-order chi connectivity index (χ0) is 20.1. The SMILES string of the molecule is O=C1C[C@@H]2CN(C(=O)OCC3c4ccccc4-c4ccccc43)[C@@H](C(=O)O)[C@@H]2C1. The average molecular weight is 391 g/mol. The summed E-state index contributed by atoms with van der Waals surface area (Å²) in [5.41, 5.74) is 4.50. The largest absolute Gasteiger partial charge is 0.480 e. The molecule has 1 aliphatic heterocycles. The summed E-state index contributed by atoms with van der Waals surface area (Å²) in [5, 5.41) is 9.65. The van der Waals surface area contributed by atoms with Gasteiger partial charge in [0.25, 0.3) is 0 Å². The van der Waals surface area contributed by atoms with Gasteiger partial charge in [-0.05, 0) is 28.2 Å². The van der Waals surface area contributed by atoms with Crippen molar-refractivity contribution in [2.45, 2.75) is 24.8 Å². The Balaban J connectivity index is 1.35. The molecule has 5 rings (SSSR count). The number of carbonyl (C=O) groups is 3. The number of aliphatic carboxylic acids is 1. The van der Waals surface area contributed by atoms with Crippen LogP contribution in [0.3, 0.4) is 0 Å². The predicted octanol–water partition coefficient (Wildman–Crippen LogP) is 3.30. The Morgan fingerprint density at radius 2 is 1.62 bits per heavy atom. The highest BCUT2D eigenvalue weighted by atomic mass is 16.6. The van der Waals surface area contributed by atoms with E-state index < -0.39 is 18.1 Å². The molecule has 0 unspecified atom stereocenters. The van der Waals surface area contributed by atoms with Crippen LogP contribution < -0.4 is 0 Å². The first kappa shape index (κ1) is 17.9. The molecule has 1 saturated heterocycles. The van der Waals surface area contributed by atoms with Gasteiger partial charge in [0.1, 0.15) is 18.4 Å². The number of benzene rings is 2. The number of hydrogen-bond acceptors (Lipinski definition) is 4. The number of rotatable bonds is 3. The van der Waals surface area contributed by atoms with Crippen LogP contribution in [0.15, 0.2) is 48.5 Å². The van der Waals surface area contributed by atoms with E-state index in [0.717, 1.165) is 22.3 Å². The summed E-state index contributed by atoms with van der Waals surface area (Å²) in [4.78, 5) is 37.6. The molecule has 0 radical (unpaired) electrons. The molecule has 2 aliphatic carbocycles. The van der Waals surface area contributed by atoms with Crippen molar-refractivity contribution in [3.63, 3.8) is 0 Å². The molecule has 1 amide bonds. The van der Waals surface area contributed by atoms with Crippen LogP contribution in [0.1, 0.15) is 29.9 Å². The monoisotopic (exact) mass is 391 g/mol. The topological polar surface area (TPSA) is 83.9 Å². The maximum Gasteiger partial charge on any atom is 0.410 e. The van der Waals surface area contributed by atoms with Gasteiger partial charge in [0.05, 0.1) is 0 Å². The molecule has 3 atom stereocenters. The molecule has 2 aromatic rings. The maximum absolute atomic E-state index is 12.8. The van der Waals surface area contributed by atoms with E-state index in [4.69, 9.17) is 4.74 Å². The number of ketones is 1. The Labute approximate surface area is 168 Å². The van der Waals surface area contributed by atoms with Gasteiger partial charge in [0.2, 0.25) is 0 Å². The fourth-order valence-corrected chi connectivity index (χ4v) is 5.30. The number of hydrogen-bond donors (Lipinski definition) is 1. The van der Waals surface area contributed by atoms with E-state index in [1.54, 1.807) is 0 Å². The fraction of sp³-hybridized carbons (Fsp3) is 0.348. The quantitative estimate of drug-likeness (QED) is 0.868. The van der Waals surface area contributed by atoms with Crippen LogP contribution in [0.5, 0.6) is 0 Å². The molecule has 6 nitrogen and oxygen atoms in total. The summed E-state index contributed by atoms with van der Waals surface area (Å²) >= 11 is 0. The summed E-state index contributed by atoms with van der Waals surface area (Å²) in [6.45, 7) is 0.425. The molecule has 0 spiro atoms. The lowest BCUT2D eigenvalue weighted by atomic mass is 9.94. The highest BCUT2D eigenvalue weighted by Crippen LogP contribution is 2.45. The molecule has 2 aromatic carbocycles. The molecule has 29 heavy (non-hydrogen) atoms. The van der Waals surface area contributed by atoms with Crippen LogP contribution in [0.2, 0.25) is 0 Å². The molecule has 1 N–H and O–H groups in total. The van der Waals surface area contributed by atoms with Gasteiger partial charge < -0.3 is 9.84 Å². The Kier molecular flexibility index (Phi) is 4.15. The van der Waals surface area contributed by atoms with Gasteiger partial charge in [-0.15, -0.1) is 0 Å². The van der Waals surface area contributed by atoms with Crippen molar-refractivity contribution < 1.29 is 24.2 Å². The average Bonchev–Trinajstić information content (AvgIpc) is 3.34. The van der Waals surface area contributed by atoms with Crippen molar-refractivity contribution in [3.8, 4) is 11.1 Å². The molecular formula is C23H21NO5. The van der Waals surface area contributed by atoms with E-state index in [2.05, 4.69) is 12.1 Å². The lowest BCUT2D eigenvalue weighted by Gasteiger charge is -2.24. The molecule has 0 aromatic heterocycles. The van der Waals surface area contributed by atoms with E-state index in [-0.39, 0.29) is 43.1 Å². The van der Waals surface area contributed by atoms with Gasteiger partial charge in [0, 0.05) is 31.2 Å². The first-order chi connectivity index (χ1) is 14.0. The van der Waals surface area contributed by atoms with Crippen molar-refractivity contribution in [1.82, 2.24) is 4.90 Å². The fourth-order valence-electron chi connectivity index (χ4n) is 5.30. The van der Waals surface area contributed by atoms with Crippen molar-refractivity contribution in [2.24, 2.45) is 11.8 Å². The van der Waals surface area contributed by atoms with E-state index in [1.165, 1.54) is 4.90 Å². The lowest BCUT2D eigenvalue weighted by molar-refractivity contribution is -0.143. The molecule has 6 heteroatoms. The Morgan fingerprint density at radius 1 is 1.00 bits per heavy atom. The normalized spacial score (nSPS) is 24.9. The predicted molar refractivity (Wildman–Crippen MR) is 104 cm³/mol. The number of carboxylic acids is 1. The molecule has 148 valence electrons. The minimum absolute atomic E-state index is 0.0710. The summed E-state index contributed by atoms with van der Waals surface area (Å²) < 4.78 is 5.63. The van der Waals surface area contributed by atoms with Crippen LogP contribution >= 0.6 is 0 Å². The van der Waals surface area contributed by atoms with Gasteiger partial charge in [-0.1, -0.05) is 48.5 Å². The highest BCUT2D eigenvalue weighted by molar-refractivity contribution is 5.87. The van der Waals surface area contributed by atoms with Crippen molar-refractivity contribution in [1.29, 1.82) is 0 Å². The van der Waals surface area contributed by atoms with Crippen LogP contribution in [0.25, 0.3) is 11.1 Å². The summed E-state index contributed by atoms with van der Waals surface area (Å²) in [5.74, 6) is -1.44. The van der Waals surface area contributed by atoms with Crippen LogP contribution in [0.4, 0.5) is 4.79 Å². The number of nitrogens with zero attached hydrogens (tertiary/aromatic N) is 1. The van der Waals surface area contributed by atoms with Gasteiger partial charge >= 0.3 is 12.1 Å². The van der Waals surface area contributed by atoms with E-state index in [0.29, 0.717) is 6.42 Å². The van der Waals surface area contributed by atoms with E-state index in [9.17, 15) is 19.5 Å². The Morgan fingerprint density at radius 3 is 2.24 bits per heavy atom. The Bertz CT molecular complexity index is 970. The summed E-state index contributed by atoms with van der Waals surface area (Å²) in [6.07, 6.45) is -0.0303. The van der Waals surface area contributed by atoms with Gasteiger partial charge in [-0.2, -0.15) is 0 Å².